The van der Waals surface area contributed by atoms with E-state index in [0.29, 0.717) is 11.3 Å². The lowest BCUT2D eigenvalue weighted by molar-refractivity contribution is 0.400. The van der Waals surface area contributed by atoms with Crippen molar-refractivity contribution < 1.29 is 9.15 Å². The fourth-order valence-electron chi connectivity index (χ4n) is 1.63. The van der Waals surface area contributed by atoms with Crippen molar-refractivity contribution in [1.29, 1.82) is 0 Å². The number of nitrogens with one attached hydrogen (secondary N) is 1. The van der Waals surface area contributed by atoms with Gasteiger partial charge >= 0.3 is 5.63 Å². The lowest BCUT2D eigenvalue weighted by Gasteiger charge is -2.00. The summed E-state index contributed by atoms with van der Waals surface area (Å²) < 4.78 is 9.90. The first kappa shape index (κ1) is 13.7. The molecule has 0 aliphatic rings. The average Bonchev–Trinajstić information content (AvgIpc) is 2.97. The summed E-state index contributed by atoms with van der Waals surface area (Å²) in [5, 5.41) is 0. The van der Waals surface area contributed by atoms with Crippen molar-refractivity contribution in [3.05, 3.63) is 76.6 Å². The molecule has 0 atom stereocenters. The molecule has 0 unspecified atom stereocenters. The van der Waals surface area contributed by atoms with E-state index in [2.05, 4.69) is 4.98 Å². The van der Waals surface area contributed by atoms with Crippen LogP contribution < -0.4 is 10.4 Å². The number of H-pyrrole nitrogens is 1. The number of rotatable bonds is 5. The van der Waals surface area contributed by atoms with E-state index >= 15 is 0 Å². The fraction of sp³-hybridized carbons (Fsp3) is 0.0625. The van der Waals surface area contributed by atoms with Gasteiger partial charge in [-0.25, -0.2) is 4.79 Å². The van der Waals surface area contributed by atoms with Crippen molar-refractivity contribution in [2.45, 2.75) is 0 Å². The van der Waals surface area contributed by atoms with Crippen LogP contribution in [0.2, 0.25) is 0 Å². The van der Waals surface area contributed by atoms with Gasteiger partial charge in [0.1, 0.15) is 11.3 Å². The average molecular weight is 269 g/mol. The summed E-state index contributed by atoms with van der Waals surface area (Å²) in [6.07, 6.45) is 14.1. The van der Waals surface area contributed by atoms with E-state index < -0.39 is 5.63 Å². The minimum atomic E-state index is -0.420. The molecule has 0 aliphatic heterocycles. The third kappa shape index (κ3) is 3.62. The fourth-order valence-corrected chi connectivity index (χ4v) is 1.63. The molecule has 0 saturated carbocycles. The van der Waals surface area contributed by atoms with Crippen molar-refractivity contribution in [1.82, 2.24) is 4.98 Å². The summed E-state index contributed by atoms with van der Waals surface area (Å²) in [5.41, 5.74) is 1.01. The second kappa shape index (κ2) is 6.99. The van der Waals surface area contributed by atoms with Gasteiger partial charge in [-0.3, -0.25) is 0 Å². The number of aromatic nitrogens is 1. The van der Waals surface area contributed by atoms with E-state index in [9.17, 15) is 4.79 Å². The van der Waals surface area contributed by atoms with Gasteiger partial charge < -0.3 is 14.1 Å². The largest absolute Gasteiger partial charge is 0.496 e. The predicted octanol–water partition coefficient (Wildman–Crippen LogP) is 3.26. The summed E-state index contributed by atoms with van der Waals surface area (Å²) in [7, 11) is 1.51. The predicted molar refractivity (Wildman–Crippen MR) is 79.5 cm³/mol. The number of hydrogen-bond donors (Lipinski definition) is 1. The van der Waals surface area contributed by atoms with Crippen LogP contribution in [-0.4, -0.2) is 12.1 Å². The summed E-state index contributed by atoms with van der Waals surface area (Å²) in [4.78, 5) is 14.6. The molecule has 0 amide bonds. The lowest BCUT2D eigenvalue weighted by Crippen LogP contribution is -2.04. The SMILES string of the molecule is COc1ccoc(=O)c1C=CC=CC=Cc1ccc[nH]1. The van der Waals surface area contributed by atoms with Crippen molar-refractivity contribution in [3.63, 3.8) is 0 Å². The maximum absolute atomic E-state index is 11.5. The Bertz CT molecular complexity index is 676. The zero-order chi connectivity index (χ0) is 14.2. The van der Waals surface area contributed by atoms with E-state index in [4.69, 9.17) is 9.15 Å². The Morgan fingerprint density at radius 2 is 1.95 bits per heavy atom. The molecule has 4 nitrogen and oxygen atoms in total. The molecular formula is C16H15NO3. The first-order valence-corrected chi connectivity index (χ1v) is 6.12. The van der Waals surface area contributed by atoms with Crippen LogP contribution in [-0.2, 0) is 0 Å². The molecule has 2 rings (SSSR count). The molecule has 4 heteroatoms. The molecule has 0 radical (unpaired) electrons. The van der Waals surface area contributed by atoms with Crippen LogP contribution in [0.15, 0.2) is 64.2 Å². The Kier molecular flexibility index (Phi) is 4.78. The number of aromatic amines is 1. The molecule has 0 bridgehead atoms. The van der Waals surface area contributed by atoms with E-state index in [0.717, 1.165) is 5.69 Å². The van der Waals surface area contributed by atoms with Crippen molar-refractivity contribution in [3.8, 4) is 5.75 Å². The highest BCUT2D eigenvalue weighted by molar-refractivity contribution is 5.57. The molecule has 2 aromatic rings. The number of ether oxygens (including phenoxy) is 1. The van der Waals surface area contributed by atoms with E-state index in [1.807, 2.05) is 42.6 Å². The second-order valence-electron chi connectivity index (χ2n) is 3.92. The highest BCUT2D eigenvalue weighted by atomic mass is 16.5. The zero-order valence-electron chi connectivity index (χ0n) is 11.1. The van der Waals surface area contributed by atoms with Gasteiger partial charge in [0.2, 0.25) is 0 Å². The Balaban J connectivity index is 2.02. The summed E-state index contributed by atoms with van der Waals surface area (Å²) in [6.45, 7) is 0. The van der Waals surface area contributed by atoms with Crippen LogP contribution >= 0.6 is 0 Å². The minimum Gasteiger partial charge on any atom is -0.496 e. The zero-order valence-corrected chi connectivity index (χ0v) is 11.1. The molecule has 0 aliphatic carbocycles. The van der Waals surface area contributed by atoms with Crippen molar-refractivity contribution in [2.75, 3.05) is 7.11 Å². The number of hydrogen-bond acceptors (Lipinski definition) is 3. The third-order valence-corrected chi connectivity index (χ3v) is 2.59. The standard InChI is InChI=1S/C16H15NO3/c1-19-15-10-12-20-16(18)14(15)9-5-3-2-4-7-13-8-6-11-17-13/h2-12,17H,1H3. The van der Waals surface area contributed by atoms with Crippen LogP contribution in [0.4, 0.5) is 0 Å². The number of methoxy groups -OCH3 is 1. The van der Waals surface area contributed by atoms with Crippen molar-refractivity contribution in [2.24, 2.45) is 0 Å². The van der Waals surface area contributed by atoms with Crippen LogP contribution in [0.5, 0.6) is 5.75 Å². The third-order valence-electron chi connectivity index (χ3n) is 2.59. The molecule has 0 saturated heterocycles. The number of allylic oxidation sites excluding steroid dienone is 4. The van der Waals surface area contributed by atoms with Gasteiger partial charge in [-0.15, -0.1) is 0 Å². The second-order valence-corrected chi connectivity index (χ2v) is 3.92. The van der Waals surface area contributed by atoms with Gasteiger partial charge in [-0.1, -0.05) is 24.3 Å². The monoisotopic (exact) mass is 269 g/mol. The maximum atomic E-state index is 11.5. The Hall–Kier alpha value is -2.75. The van der Waals surface area contributed by atoms with Crippen LogP contribution in [0.25, 0.3) is 12.2 Å². The van der Waals surface area contributed by atoms with Crippen LogP contribution in [0, 0.1) is 0 Å². The minimum absolute atomic E-state index is 0.396. The smallest absolute Gasteiger partial charge is 0.346 e. The van der Waals surface area contributed by atoms with Gasteiger partial charge in [0.15, 0.2) is 0 Å². The molecule has 20 heavy (non-hydrogen) atoms. The highest BCUT2D eigenvalue weighted by Crippen LogP contribution is 2.14. The van der Waals surface area contributed by atoms with E-state index in [1.165, 1.54) is 13.4 Å². The summed E-state index contributed by atoms with van der Waals surface area (Å²) in [6, 6.07) is 5.51. The normalized spacial score (nSPS) is 11.8. The highest BCUT2D eigenvalue weighted by Gasteiger charge is 2.04. The quantitative estimate of drug-likeness (QED) is 0.848. The molecule has 2 heterocycles. The molecule has 0 aromatic carbocycles. The van der Waals surface area contributed by atoms with Gasteiger partial charge in [-0.05, 0) is 24.3 Å². The van der Waals surface area contributed by atoms with Gasteiger partial charge in [0.25, 0.3) is 0 Å². The first-order valence-electron chi connectivity index (χ1n) is 6.12. The lowest BCUT2D eigenvalue weighted by atomic mass is 10.2. The first-order chi connectivity index (χ1) is 9.81. The van der Waals surface area contributed by atoms with E-state index in [1.54, 1.807) is 18.2 Å². The van der Waals surface area contributed by atoms with Crippen LogP contribution in [0.3, 0.4) is 0 Å². The van der Waals surface area contributed by atoms with Crippen LogP contribution in [0.1, 0.15) is 11.3 Å². The maximum Gasteiger partial charge on any atom is 0.346 e. The molecule has 0 fully saturated rings. The molecular weight excluding hydrogens is 254 g/mol. The molecule has 0 spiro atoms. The van der Waals surface area contributed by atoms with Crippen molar-refractivity contribution >= 4 is 12.2 Å². The summed E-state index contributed by atoms with van der Waals surface area (Å²) >= 11 is 0. The molecule has 1 N–H and O–H groups in total. The summed E-state index contributed by atoms with van der Waals surface area (Å²) in [5.74, 6) is 0.493. The van der Waals surface area contributed by atoms with Gasteiger partial charge in [0, 0.05) is 18.0 Å². The molecule has 102 valence electrons. The molecule has 2 aromatic heterocycles. The van der Waals surface area contributed by atoms with E-state index in [-0.39, 0.29) is 0 Å². The topological polar surface area (TPSA) is 55.2 Å². The Morgan fingerprint density at radius 3 is 2.65 bits per heavy atom. The Labute approximate surface area is 116 Å². The Morgan fingerprint density at radius 1 is 1.15 bits per heavy atom. The van der Waals surface area contributed by atoms with Gasteiger partial charge in [-0.2, -0.15) is 0 Å². The van der Waals surface area contributed by atoms with Gasteiger partial charge in [0.05, 0.1) is 13.4 Å².